The minimum Gasteiger partial charge on any atom is -0.457 e. The topological polar surface area (TPSA) is 56.1 Å². The number of ether oxygens (including phenoxy) is 1. The number of thiophene rings is 1. The van der Waals surface area contributed by atoms with Gasteiger partial charge in [-0.25, -0.2) is 0 Å². The molecule has 0 aliphatic rings. The highest BCUT2D eigenvalue weighted by Crippen LogP contribution is 2.36. The number of rotatable bonds is 4. The fourth-order valence-corrected chi connectivity index (χ4v) is 3.83. The lowest BCUT2D eigenvalue weighted by Crippen LogP contribution is -2.12. The summed E-state index contributed by atoms with van der Waals surface area (Å²) in [7, 11) is 1.81. The fraction of sp³-hybridized carbons (Fsp3) is 0.143. The SMILES string of the molecule is Cc1ccc(Oc2cc(C(=O)Nc3ccn(C)n3)cc3sc(C)cc23)cc1. The zero-order valence-electron chi connectivity index (χ0n) is 15.3. The Labute approximate surface area is 161 Å². The van der Waals surface area contributed by atoms with E-state index in [0.29, 0.717) is 17.1 Å². The summed E-state index contributed by atoms with van der Waals surface area (Å²) in [5, 5.41) is 8.03. The van der Waals surface area contributed by atoms with Crippen LogP contribution in [0.4, 0.5) is 5.82 Å². The van der Waals surface area contributed by atoms with Crippen LogP contribution < -0.4 is 10.1 Å². The number of aryl methyl sites for hydroxylation is 3. The van der Waals surface area contributed by atoms with Crippen LogP contribution in [0.2, 0.25) is 0 Å². The Bertz CT molecular complexity index is 1130. The molecular formula is C21H19N3O2S. The van der Waals surface area contributed by atoms with Crippen LogP contribution in [0.1, 0.15) is 20.8 Å². The maximum atomic E-state index is 12.7. The number of amides is 1. The lowest BCUT2D eigenvalue weighted by atomic mass is 10.1. The van der Waals surface area contributed by atoms with E-state index in [-0.39, 0.29) is 5.91 Å². The minimum atomic E-state index is -0.213. The number of carbonyl (C=O) groups is 1. The molecule has 1 N–H and O–H groups in total. The van der Waals surface area contributed by atoms with Gasteiger partial charge in [0.2, 0.25) is 0 Å². The molecule has 1 amide bonds. The average molecular weight is 377 g/mol. The van der Waals surface area contributed by atoms with Gasteiger partial charge in [0.05, 0.1) is 0 Å². The molecule has 2 aromatic carbocycles. The van der Waals surface area contributed by atoms with Crippen molar-refractivity contribution in [2.45, 2.75) is 13.8 Å². The largest absolute Gasteiger partial charge is 0.457 e. The molecule has 2 heterocycles. The quantitative estimate of drug-likeness (QED) is 0.525. The molecule has 2 aromatic heterocycles. The van der Waals surface area contributed by atoms with Crippen LogP contribution in [-0.4, -0.2) is 15.7 Å². The molecule has 0 unspecified atom stereocenters. The van der Waals surface area contributed by atoms with Gasteiger partial charge in [-0.2, -0.15) is 5.10 Å². The molecule has 0 saturated heterocycles. The van der Waals surface area contributed by atoms with Crippen molar-refractivity contribution in [1.82, 2.24) is 9.78 Å². The molecule has 6 heteroatoms. The van der Waals surface area contributed by atoms with E-state index >= 15 is 0 Å². The Kier molecular flexibility index (Phi) is 4.41. The van der Waals surface area contributed by atoms with Gasteiger partial charge in [0.25, 0.3) is 5.91 Å². The van der Waals surface area contributed by atoms with Crippen molar-refractivity contribution < 1.29 is 9.53 Å². The van der Waals surface area contributed by atoms with Crippen molar-refractivity contribution in [3.8, 4) is 11.5 Å². The van der Waals surface area contributed by atoms with Gasteiger partial charge in [-0.3, -0.25) is 9.48 Å². The summed E-state index contributed by atoms with van der Waals surface area (Å²) in [5.74, 6) is 1.72. The number of nitrogens with one attached hydrogen (secondary N) is 1. The second-order valence-electron chi connectivity index (χ2n) is 6.49. The van der Waals surface area contributed by atoms with Crippen LogP contribution in [0.3, 0.4) is 0 Å². The summed E-state index contributed by atoms with van der Waals surface area (Å²) in [6.45, 7) is 4.08. The second kappa shape index (κ2) is 6.89. The molecule has 0 spiro atoms. The number of hydrogen-bond acceptors (Lipinski definition) is 4. The predicted molar refractivity (Wildman–Crippen MR) is 109 cm³/mol. The molecule has 4 rings (SSSR count). The van der Waals surface area contributed by atoms with Gasteiger partial charge in [-0.15, -0.1) is 11.3 Å². The molecule has 136 valence electrons. The van der Waals surface area contributed by atoms with Gasteiger partial charge < -0.3 is 10.1 Å². The molecule has 4 aromatic rings. The third-order valence-corrected chi connectivity index (χ3v) is 5.19. The van der Waals surface area contributed by atoms with Gasteiger partial charge in [-0.1, -0.05) is 17.7 Å². The number of anilines is 1. The van der Waals surface area contributed by atoms with E-state index in [1.165, 1.54) is 10.4 Å². The van der Waals surface area contributed by atoms with Crippen LogP contribution in [0, 0.1) is 13.8 Å². The van der Waals surface area contributed by atoms with E-state index in [2.05, 4.69) is 16.5 Å². The maximum absolute atomic E-state index is 12.7. The van der Waals surface area contributed by atoms with Crippen LogP contribution >= 0.6 is 11.3 Å². The van der Waals surface area contributed by atoms with E-state index < -0.39 is 0 Å². The fourth-order valence-electron chi connectivity index (χ4n) is 2.85. The van der Waals surface area contributed by atoms with Gasteiger partial charge in [-0.05, 0) is 44.2 Å². The number of nitrogens with zero attached hydrogens (tertiary/aromatic N) is 2. The molecule has 5 nitrogen and oxygen atoms in total. The molecule has 0 aliphatic heterocycles. The standard InChI is InChI=1S/C21H19N3O2S/c1-13-4-6-16(7-5-13)26-18-11-15(12-19-17(18)10-14(2)27-19)21(25)22-20-8-9-24(3)23-20/h4-12H,1-3H3,(H,22,23,25). The lowest BCUT2D eigenvalue weighted by Gasteiger charge is -2.10. The summed E-state index contributed by atoms with van der Waals surface area (Å²) < 4.78 is 8.78. The number of benzene rings is 2. The second-order valence-corrected chi connectivity index (χ2v) is 7.78. The smallest absolute Gasteiger partial charge is 0.257 e. The first kappa shape index (κ1) is 17.3. The van der Waals surface area contributed by atoms with Crippen LogP contribution in [0.5, 0.6) is 11.5 Å². The Morgan fingerprint density at radius 1 is 1.11 bits per heavy atom. The molecule has 0 fully saturated rings. The van der Waals surface area contributed by atoms with E-state index in [1.54, 1.807) is 34.3 Å². The molecule has 0 atom stereocenters. The molecule has 27 heavy (non-hydrogen) atoms. The number of aromatic nitrogens is 2. The normalized spacial score (nSPS) is 10.9. The highest BCUT2D eigenvalue weighted by molar-refractivity contribution is 7.19. The minimum absolute atomic E-state index is 0.213. The van der Waals surface area contributed by atoms with Gasteiger partial charge in [0.15, 0.2) is 5.82 Å². The third kappa shape index (κ3) is 3.71. The predicted octanol–water partition coefficient (Wildman–Crippen LogP) is 5.30. The molecule has 0 radical (unpaired) electrons. The van der Waals surface area contributed by atoms with Crippen LogP contribution in [0.25, 0.3) is 10.1 Å². The number of carbonyl (C=O) groups excluding carboxylic acids is 1. The Hall–Kier alpha value is -3.12. The molecule has 0 saturated carbocycles. The van der Waals surface area contributed by atoms with Crippen molar-refractivity contribution in [3.05, 3.63) is 70.7 Å². The highest BCUT2D eigenvalue weighted by atomic mass is 32.1. The van der Waals surface area contributed by atoms with E-state index in [9.17, 15) is 4.79 Å². The first-order chi connectivity index (χ1) is 13.0. The van der Waals surface area contributed by atoms with Gasteiger partial charge >= 0.3 is 0 Å². The van der Waals surface area contributed by atoms with Crippen LogP contribution in [0.15, 0.2) is 54.7 Å². The highest BCUT2D eigenvalue weighted by Gasteiger charge is 2.15. The van der Waals surface area contributed by atoms with E-state index in [0.717, 1.165) is 15.8 Å². The zero-order valence-corrected chi connectivity index (χ0v) is 16.1. The Morgan fingerprint density at radius 3 is 2.59 bits per heavy atom. The van der Waals surface area contributed by atoms with Crippen molar-refractivity contribution >= 4 is 33.1 Å². The number of hydrogen-bond donors (Lipinski definition) is 1. The average Bonchev–Trinajstić information content (AvgIpc) is 3.21. The first-order valence-corrected chi connectivity index (χ1v) is 9.39. The Balaban J connectivity index is 1.71. The summed E-state index contributed by atoms with van der Waals surface area (Å²) >= 11 is 1.64. The van der Waals surface area contributed by atoms with E-state index in [4.69, 9.17) is 4.74 Å². The van der Waals surface area contributed by atoms with E-state index in [1.807, 2.05) is 51.2 Å². The summed E-state index contributed by atoms with van der Waals surface area (Å²) in [4.78, 5) is 13.9. The van der Waals surface area contributed by atoms with Crippen molar-refractivity contribution in [1.29, 1.82) is 0 Å². The Morgan fingerprint density at radius 2 is 1.89 bits per heavy atom. The first-order valence-electron chi connectivity index (χ1n) is 8.58. The van der Waals surface area contributed by atoms with Crippen molar-refractivity contribution in [3.63, 3.8) is 0 Å². The van der Waals surface area contributed by atoms with Crippen molar-refractivity contribution in [2.75, 3.05) is 5.32 Å². The summed E-state index contributed by atoms with van der Waals surface area (Å²) in [6, 6.07) is 15.4. The number of fused-ring (bicyclic) bond motifs is 1. The summed E-state index contributed by atoms with van der Waals surface area (Å²) in [6.07, 6.45) is 1.79. The van der Waals surface area contributed by atoms with Crippen LogP contribution in [-0.2, 0) is 7.05 Å². The molecule has 0 bridgehead atoms. The monoisotopic (exact) mass is 377 g/mol. The molecular weight excluding hydrogens is 358 g/mol. The maximum Gasteiger partial charge on any atom is 0.257 e. The van der Waals surface area contributed by atoms with Crippen molar-refractivity contribution in [2.24, 2.45) is 7.05 Å². The molecule has 0 aliphatic carbocycles. The van der Waals surface area contributed by atoms with Gasteiger partial charge in [0, 0.05) is 39.8 Å². The lowest BCUT2D eigenvalue weighted by molar-refractivity contribution is 0.102. The third-order valence-electron chi connectivity index (χ3n) is 4.19. The van der Waals surface area contributed by atoms with Gasteiger partial charge in [0.1, 0.15) is 11.5 Å². The zero-order chi connectivity index (χ0) is 19.0. The summed E-state index contributed by atoms with van der Waals surface area (Å²) in [5.41, 5.74) is 1.71.